The average Bonchev–Trinajstić information content (AvgIpc) is 2.22. The fraction of sp³-hybridized carbons (Fsp3) is 0.929. The molecule has 1 aliphatic rings. The summed E-state index contributed by atoms with van der Waals surface area (Å²) >= 11 is 0. The van der Waals surface area contributed by atoms with Gasteiger partial charge in [-0.2, -0.15) is 0 Å². The summed E-state index contributed by atoms with van der Waals surface area (Å²) in [5.74, 6) is 0.0527. The maximum absolute atomic E-state index is 12.6. The van der Waals surface area contributed by atoms with E-state index in [1.165, 1.54) is 0 Å². The van der Waals surface area contributed by atoms with Crippen LogP contribution in [0.25, 0.3) is 0 Å². The quantitative estimate of drug-likeness (QED) is 0.839. The lowest BCUT2D eigenvalue weighted by Crippen LogP contribution is -2.64. The lowest BCUT2D eigenvalue weighted by molar-refractivity contribution is -0.190. The van der Waals surface area contributed by atoms with Crippen molar-refractivity contribution in [3.05, 3.63) is 0 Å². The van der Waals surface area contributed by atoms with Crippen molar-refractivity contribution in [3.63, 3.8) is 0 Å². The Morgan fingerprint density at radius 3 is 1.89 bits per heavy atom. The Balaban J connectivity index is 2.92. The molecule has 106 valence electrons. The molecule has 0 aromatic rings. The van der Waals surface area contributed by atoms with Gasteiger partial charge in [-0.25, -0.2) is 0 Å². The molecular formula is C14H28N2O2. The van der Waals surface area contributed by atoms with E-state index in [1.807, 2.05) is 46.4 Å². The van der Waals surface area contributed by atoms with Crippen molar-refractivity contribution in [1.82, 2.24) is 4.90 Å². The first kappa shape index (κ1) is 15.4. The van der Waals surface area contributed by atoms with E-state index in [4.69, 9.17) is 10.5 Å². The van der Waals surface area contributed by atoms with Gasteiger partial charge in [-0.3, -0.25) is 4.79 Å². The predicted octanol–water partition coefficient (Wildman–Crippen LogP) is 1.92. The Morgan fingerprint density at radius 1 is 1.17 bits per heavy atom. The molecule has 2 N–H and O–H groups in total. The van der Waals surface area contributed by atoms with Crippen LogP contribution in [0.3, 0.4) is 0 Å². The Bertz CT molecular complexity index is 304. The number of nitrogens with zero attached hydrogens (tertiary/aromatic N) is 1. The molecule has 1 aliphatic heterocycles. The molecule has 1 heterocycles. The molecule has 4 nitrogen and oxygen atoms in total. The van der Waals surface area contributed by atoms with Crippen LogP contribution in [0.4, 0.5) is 0 Å². The number of hydrogen-bond donors (Lipinski definition) is 1. The molecule has 1 rings (SSSR count). The molecular weight excluding hydrogens is 228 g/mol. The van der Waals surface area contributed by atoms with E-state index < -0.39 is 5.54 Å². The minimum atomic E-state index is -0.733. The van der Waals surface area contributed by atoms with Gasteiger partial charge in [-0.05, 0) is 40.5 Å². The molecule has 1 amide bonds. The molecule has 0 spiro atoms. The number of hydrogen-bond acceptors (Lipinski definition) is 3. The van der Waals surface area contributed by atoms with E-state index in [1.54, 1.807) is 0 Å². The molecule has 4 heteroatoms. The van der Waals surface area contributed by atoms with Gasteiger partial charge in [0.25, 0.3) is 0 Å². The van der Waals surface area contributed by atoms with Crippen LogP contribution in [-0.2, 0) is 9.53 Å². The standard InChI is InChI=1S/C14H28N2O2/c1-7-14(15,8-2)11(17)16-9-12(3,4)18-13(5,6)10-16/h7-10,15H2,1-6H3. The van der Waals surface area contributed by atoms with Gasteiger partial charge in [-0.15, -0.1) is 0 Å². The van der Waals surface area contributed by atoms with Gasteiger partial charge in [0.15, 0.2) is 0 Å². The summed E-state index contributed by atoms with van der Waals surface area (Å²) in [5.41, 5.74) is 4.84. The van der Waals surface area contributed by atoms with Crippen LogP contribution in [0.15, 0.2) is 0 Å². The number of morpholine rings is 1. The zero-order valence-corrected chi connectivity index (χ0v) is 12.7. The fourth-order valence-electron chi connectivity index (χ4n) is 2.80. The second-order valence-electron chi connectivity index (χ2n) is 6.65. The third-order valence-electron chi connectivity index (χ3n) is 3.67. The molecule has 0 bridgehead atoms. The Hall–Kier alpha value is -0.610. The van der Waals surface area contributed by atoms with Gasteiger partial charge in [0, 0.05) is 13.1 Å². The summed E-state index contributed by atoms with van der Waals surface area (Å²) in [6.07, 6.45) is 1.33. The Labute approximate surface area is 111 Å². The summed E-state index contributed by atoms with van der Waals surface area (Å²) in [4.78, 5) is 14.5. The van der Waals surface area contributed by atoms with E-state index in [-0.39, 0.29) is 17.1 Å². The molecule has 1 saturated heterocycles. The van der Waals surface area contributed by atoms with Crippen molar-refractivity contribution < 1.29 is 9.53 Å². The van der Waals surface area contributed by atoms with Crippen LogP contribution in [0, 0.1) is 0 Å². The van der Waals surface area contributed by atoms with Gasteiger partial charge in [0.2, 0.25) is 5.91 Å². The van der Waals surface area contributed by atoms with Gasteiger partial charge >= 0.3 is 0 Å². The van der Waals surface area contributed by atoms with Crippen molar-refractivity contribution in [2.24, 2.45) is 5.73 Å². The van der Waals surface area contributed by atoms with Crippen LogP contribution in [0.5, 0.6) is 0 Å². The van der Waals surface area contributed by atoms with Gasteiger partial charge in [0.1, 0.15) is 0 Å². The number of rotatable bonds is 3. The monoisotopic (exact) mass is 256 g/mol. The molecule has 0 aliphatic carbocycles. The number of carbonyl (C=O) groups excluding carboxylic acids is 1. The molecule has 0 aromatic heterocycles. The normalized spacial score (nSPS) is 22.9. The first-order chi connectivity index (χ1) is 8.05. The summed E-state index contributed by atoms with van der Waals surface area (Å²) in [6.45, 7) is 13.2. The van der Waals surface area contributed by atoms with Crippen molar-refractivity contribution in [2.75, 3.05) is 13.1 Å². The van der Waals surface area contributed by atoms with Crippen LogP contribution in [0.2, 0.25) is 0 Å². The highest BCUT2D eigenvalue weighted by atomic mass is 16.5. The third kappa shape index (κ3) is 3.23. The summed E-state index contributed by atoms with van der Waals surface area (Å²) < 4.78 is 5.99. The van der Waals surface area contributed by atoms with E-state index in [0.717, 1.165) is 0 Å². The topological polar surface area (TPSA) is 55.6 Å². The highest BCUT2D eigenvalue weighted by Gasteiger charge is 2.44. The lowest BCUT2D eigenvalue weighted by Gasteiger charge is -2.49. The zero-order chi connectivity index (χ0) is 14.2. The Morgan fingerprint density at radius 2 is 1.56 bits per heavy atom. The highest BCUT2D eigenvalue weighted by Crippen LogP contribution is 2.30. The molecule has 0 aromatic carbocycles. The van der Waals surface area contributed by atoms with Crippen molar-refractivity contribution in [1.29, 1.82) is 0 Å². The van der Waals surface area contributed by atoms with E-state index in [2.05, 4.69) is 0 Å². The molecule has 0 radical (unpaired) electrons. The van der Waals surface area contributed by atoms with Gasteiger partial charge < -0.3 is 15.4 Å². The van der Waals surface area contributed by atoms with Crippen LogP contribution >= 0.6 is 0 Å². The van der Waals surface area contributed by atoms with E-state index in [9.17, 15) is 4.79 Å². The van der Waals surface area contributed by atoms with Crippen molar-refractivity contribution in [2.45, 2.75) is 71.1 Å². The fourth-order valence-corrected chi connectivity index (χ4v) is 2.80. The average molecular weight is 256 g/mol. The molecule has 0 saturated carbocycles. The third-order valence-corrected chi connectivity index (χ3v) is 3.67. The molecule has 1 fully saturated rings. The summed E-state index contributed by atoms with van der Waals surface area (Å²) in [6, 6.07) is 0. The van der Waals surface area contributed by atoms with Gasteiger partial charge in [-0.1, -0.05) is 13.8 Å². The smallest absolute Gasteiger partial charge is 0.242 e. The van der Waals surface area contributed by atoms with Crippen molar-refractivity contribution >= 4 is 5.91 Å². The zero-order valence-electron chi connectivity index (χ0n) is 12.7. The SMILES string of the molecule is CCC(N)(CC)C(=O)N1CC(C)(C)OC(C)(C)C1. The van der Waals surface area contributed by atoms with E-state index >= 15 is 0 Å². The van der Waals surface area contributed by atoms with Crippen molar-refractivity contribution in [3.8, 4) is 0 Å². The number of nitrogens with two attached hydrogens (primary N) is 1. The number of amides is 1. The summed E-state index contributed by atoms with van der Waals surface area (Å²) in [7, 11) is 0. The van der Waals surface area contributed by atoms with Crippen LogP contribution < -0.4 is 5.73 Å². The number of ether oxygens (including phenoxy) is 1. The minimum Gasteiger partial charge on any atom is -0.366 e. The first-order valence-electron chi connectivity index (χ1n) is 6.84. The second-order valence-corrected chi connectivity index (χ2v) is 6.65. The predicted molar refractivity (Wildman–Crippen MR) is 73.3 cm³/mol. The maximum Gasteiger partial charge on any atom is 0.242 e. The van der Waals surface area contributed by atoms with Gasteiger partial charge in [0.05, 0.1) is 16.7 Å². The molecule has 0 unspecified atom stereocenters. The molecule has 18 heavy (non-hydrogen) atoms. The Kier molecular flexibility index (Phi) is 4.13. The second kappa shape index (κ2) is 4.82. The maximum atomic E-state index is 12.6. The highest BCUT2D eigenvalue weighted by molar-refractivity contribution is 5.86. The first-order valence-corrected chi connectivity index (χ1v) is 6.84. The minimum absolute atomic E-state index is 0.0527. The molecule has 0 atom stereocenters. The number of carbonyl (C=O) groups is 1. The lowest BCUT2D eigenvalue weighted by atomic mass is 9.90. The van der Waals surface area contributed by atoms with E-state index in [0.29, 0.717) is 25.9 Å². The van der Waals surface area contributed by atoms with Crippen LogP contribution in [-0.4, -0.2) is 40.6 Å². The van der Waals surface area contributed by atoms with Crippen LogP contribution in [0.1, 0.15) is 54.4 Å². The summed E-state index contributed by atoms with van der Waals surface area (Å²) in [5, 5.41) is 0. The largest absolute Gasteiger partial charge is 0.366 e.